The molecule has 70 heavy (non-hydrogen) atoms. The lowest BCUT2D eigenvalue weighted by atomic mass is 9.83. The standard InChI is InChI=1S/C70H46/c1-5-17-47(18-6-1)51-29-33-55(34-30-51)69-61-27-15-13-25-59(61)67(63-43-41-57(45-65(63)69)49-21-9-3-10-22-49)53-37-39-54(40-38-53)68-60-26-14-16-28-62(60)70(56-35-31-52(32-36-56)48-19-7-2-8-20-48)66-46-58(42-44-64(66)68)50-23-11-4-12-24-50/h1-46H. The van der Waals surface area contributed by atoms with Crippen molar-refractivity contribution in [1.82, 2.24) is 0 Å². The first kappa shape index (κ1) is 41.1. The molecule has 13 aromatic carbocycles. The van der Waals surface area contributed by atoms with Crippen molar-refractivity contribution in [3.8, 4) is 89.0 Å². The Morgan fingerprint density at radius 3 is 0.586 bits per heavy atom. The normalized spacial score (nSPS) is 11.4. The Kier molecular flexibility index (Phi) is 10.3. The van der Waals surface area contributed by atoms with Gasteiger partial charge < -0.3 is 0 Å². The maximum absolute atomic E-state index is 2.41. The molecule has 0 aliphatic carbocycles. The topological polar surface area (TPSA) is 0 Å². The summed E-state index contributed by atoms with van der Waals surface area (Å²) in [6.07, 6.45) is 0. The van der Waals surface area contributed by atoms with Gasteiger partial charge in [-0.3, -0.25) is 0 Å². The molecule has 0 aliphatic rings. The molecule has 0 aromatic heterocycles. The lowest BCUT2D eigenvalue weighted by Crippen LogP contribution is -1.93. The Morgan fingerprint density at radius 1 is 0.114 bits per heavy atom. The minimum absolute atomic E-state index is 1.19. The maximum atomic E-state index is 2.41. The summed E-state index contributed by atoms with van der Waals surface area (Å²) >= 11 is 0. The van der Waals surface area contributed by atoms with Crippen molar-refractivity contribution in [2.24, 2.45) is 0 Å². The second-order valence-corrected chi connectivity index (χ2v) is 18.3. The first-order valence-electron chi connectivity index (χ1n) is 24.2. The molecule has 0 saturated carbocycles. The zero-order chi connectivity index (χ0) is 46.4. The Balaban J connectivity index is 0.999. The Morgan fingerprint density at radius 2 is 0.300 bits per heavy atom. The van der Waals surface area contributed by atoms with E-state index < -0.39 is 0 Å². The van der Waals surface area contributed by atoms with Crippen molar-refractivity contribution in [2.75, 3.05) is 0 Å². The second kappa shape index (κ2) is 17.5. The van der Waals surface area contributed by atoms with Gasteiger partial charge in [0, 0.05) is 0 Å². The van der Waals surface area contributed by atoms with E-state index >= 15 is 0 Å². The monoisotopic (exact) mass is 886 g/mol. The summed E-state index contributed by atoms with van der Waals surface area (Å²) in [5, 5.41) is 9.92. The van der Waals surface area contributed by atoms with Gasteiger partial charge in [-0.2, -0.15) is 0 Å². The van der Waals surface area contributed by atoms with Crippen LogP contribution >= 0.6 is 0 Å². The highest BCUT2D eigenvalue weighted by atomic mass is 14.2. The van der Waals surface area contributed by atoms with Crippen LogP contribution in [0.5, 0.6) is 0 Å². The molecule has 13 aromatic rings. The summed E-state index contributed by atoms with van der Waals surface area (Å²) in [5.74, 6) is 0. The van der Waals surface area contributed by atoms with Crippen LogP contribution < -0.4 is 0 Å². The summed E-state index contributed by atoms with van der Waals surface area (Å²) in [5.41, 5.74) is 19.5. The molecule has 0 radical (unpaired) electrons. The number of hydrogen-bond acceptors (Lipinski definition) is 0. The predicted octanol–water partition coefficient (Wildman–Crippen LogP) is 19.6. The minimum Gasteiger partial charge on any atom is -0.0622 e. The molecule has 0 heterocycles. The van der Waals surface area contributed by atoms with Crippen molar-refractivity contribution in [1.29, 1.82) is 0 Å². The number of rotatable bonds is 8. The van der Waals surface area contributed by atoms with Gasteiger partial charge in [0.15, 0.2) is 0 Å². The largest absolute Gasteiger partial charge is 0.0622 e. The molecule has 0 heteroatoms. The molecular formula is C70H46. The van der Waals surface area contributed by atoms with E-state index in [4.69, 9.17) is 0 Å². The Bertz CT molecular complexity index is 3750. The molecular weight excluding hydrogens is 841 g/mol. The fraction of sp³-hybridized carbons (Fsp3) is 0. The van der Waals surface area contributed by atoms with Crippen molar-refractivity contribution in [2.45, 2.75) is 0 Å². The van der Waals surface area contributed by atoms with Gasteiger partial charge in [0.2, 0.25) is 0 Å². The van der Waals surface area contributed by atoms with Gasteiger partial charge >= 0.3 is 0 Å². The average Bonchev–Trinajstić information content (AvgIpc) is 3.44. The van der Waals surface area contributed by atoms with Gasteiger partial charge in [-0.15, -0.1) is 0 Å². The van der Waals surface area contributed by atoms with Crippen LogP contribution in [0.25, 0.3) is 132 Å². The van der Waals surface area contributed by atoms with E-state index in [-0.39, 0.29) is 0 Å². The fourth-order valence-electron chi connectivity index (χ4n) is 10.9. The van der Waals surface area contributed by atoms with Crippen molar-refractivity contribution >= 4 is 43.1 Å². The molecule has 326 valence electrons. The highest BCUT2D eigenvalue weighted by Crippen LogP contribution is 2.48. The van der Waals surface area contributed by atoms with Crippen LogP contribution in [-0.2, 0) is 0 Å². The van der Waals surface area contributed by atoms with Gasteiger partial charge in [0.25, 0.3) is 0 Å². The van der Waals surface area contributed by atoms with Gasteiger partial charge in [-0.1, -0.05) is 267 Å². The summed E-state index contributed by atoms with van der Waals surface area (Å²) in [6, 6.07) is 103. The maximum Gasteiger partial charge on any atom is -0.00261 e. The van der Waals surface area contributed by atoms with Crippen molar-refractivity contribution in [3.63, 3.8) is 0 Å². The molecule has 0 fully saturated rings. The van der Waals surface area contributed by atoms with Gasteiger partial charge in [0.05, 0.1) is 0 Å². The quantitative estimate of drug-likeness (QED) is 0.133. The fourth-order valence-corrected chi connectivity index (χ4v) is 10.9. The number of benzene rings is 13. The van der Waals surface area contributed by atoms with Gasteiger partial charge in [-0.05, 0) is 144 Å². The summed E-state index contributed by atoms with van der Waals surface area (Å²) in [6.45, 7) is 0. The highest BCUT2D eigenvalue weighted by molar-refractivity contribution is 6.24. The lowest BCUT2D eigenvalue weighted by Gasteiger charge is -2.20. The smallest absolute Gasteiger partial charge is 0.00261 e. The third-order valence-corrected chi connectivity index (χ3v) is 14.3. The number of fused-ring (bicyclic) bond motifs is 4. The van der Waals surface area contributed by atoms with Crippen LogP contribution in [0.3, 0.4) is 0 Å². The first-order chi connectivity index (χ1) is 34.7. The molecule has 13 rings (SSSR count). The van der Waals surface area contributed by atoms with Crippen LogP contribution in [0, 0.1) is 0 Å². The third kappa shape index (κ3) is 7.26. The van der Waals surface area contributed by atoms with Crippen LogP contribution in [0.2, 0.25) is 0 Å². The van der Waals surface area contributed by atoms with Crippen LogP contribution in [0.15, 0.2) is 279 Å². The lowest BCUT2D eigenvalue weighted by molar-refractivity contribution is 1.60. The van der Waals surface area contributed by atoms with E-state index in [0.29, 0.717) is 0 Å². The van der Waals surface area contributed by atoms with E-state index in [0.717, 1.165) is 0 Å². The second-order valence-electron chi connectivity index (χ2n) is 18.3. The molecule has 0 bridgehead atoms. The Hall–Kier alpha value is -9.10. The molecule has 0 nitrogen and oxygen atoms in total. The van der Waals surface area contributed by atoms with E-state index in [9.17, 15) is 0 Å². The van der Waals surface area contributed by atoms with Crippen molar-refractivity contribution < 1.29 is 0 Å². The van der Waals surface area contributed by atoms with E-state index in [2.05, 4.69) is 279 Å². The van der Waals surface area contributed by atoms with Gasteiger partial charge in [-0.25, -0.2) is 0 Å². The summed E-state index contributed by atoms with van der Waals surface area (Å²) < 4.78 is 0. The third-order valence-electron chi connectivity index (χ3n) is 14.3. The highest BCUT2D eigenvalue weighted by Gasteiger charge is 2.21. The van der Waals surface area contributed by atoms with E-state index in [1.54, 1.807) is 0 Å². The molecule has 0 saturated heterocycles. The van der Waals surface area contributed by atoms with E-state index in [1.807, 2.05) is 0 Å². The van der Waals surface area contributed by atoms with Gasteiger partial charge in [0.1, 0.15) is 0 Å². The molecule has 0 unspecified atom stereocenters. The van der Waals surface area contributed by atoms with Crippen LogP contribution in [0.1, 0.15) is 0 Å². The Labute approximate surface area is 409 Å². The SMILES string of the molecule is c1ccc(-c2ccc(-c3c4ccccc4c(-c4ccc(-c5c6ccccc6c(-c6ccc(-c7ccccc7)cc6)c6cc(-c7ccccc7)ccc56)cc4)c4ccc(-c5ccccc5)cc34)cc2)cc1. The minimum atomic E-state index is 1.19. The first-order valence-corrected chi connectivity index (χ1v) is 24.2. The molecule has 0 amide bonds. The number of hydrogen-bond donors (Lipinski definition) is 0. The molecule has 0 aliphatic heterocycles. The van der Waals surface area contributed by atoms with Crippen LogP contribution in [0.4, 0.5) is 0 Å². The zero-order valence-electron chi connectivity index (χ0n) is 38.6. The van der Waals surface area contributed by atoms with Crippen LogP contribution in [-0.4, -0.2) is 0 Å². The molecule has 0 spiro atoms. The average molecular weight is 887 g/mol. The predicted molar refractivity (Wildman–Crippen MR) is 300 cm³/mol. The molecule has 0 atom stereocenters. The molecule has 0 N–H and O–H groups in total. The summed E-state index contributed by atoms with van der Waals surface area (Å²) in [7, 11) is 0. The van der Waals surface area contributed by atoms with Crippen molar-refractivity contribution in [3.05, 3.63) is 279 Å². The van der Waals surface area contributed by atoms with E-state index in [1.165, 1.54) is 132 Å². The summed E-state index contributed by atoms with van der Waals surface area (Å²) in [4.78, 5) is 0. The zero-order valence-corrected chi connectivity index (χ0v) is 38.6.